The number of rotatable bonds is 4. The molecule has 1 saturated heterocycles. The van der Waals surface area contributed by atoms with E-state index in [4.69, 9.17) is 4.74 Å². The Morgan fingerprint density at radius 1 is 1.41 bits per heavy atom. The third-order valence-electron chi connectivity index (χ3n) is 4.29. The van der Waals surface area contributed by atoms with Crippen molar-refractivity contribution in [2.75, 3.05) is 13.2 Å². The van der Waals surface area contributed by atoms with Crippen LogP contribution in [-0.2, 0) is 16.6 Å². The van der Waals surface area contributed by atoms with E-state index < -0.39 is 0 Å². The molecule has 3 rings (SSSR count). The number of hydrogen-bond donors (Lipinski definition) is 0. The smallest absolute Gasteiger partial charge is 0.253 e. The summed E-state index contributed by atoms with van der Waals surface area (Å²) in [6.07, 6.45) is 8.73. The number of aryl methyl sites for hydroxylation is 1. The van der Waals surface area contributed by atoms with Crippen LogP contribution >= 0.6 is 0 Å². The summed E-state index contributed by atoms with van der Waals surface area (Å²) in [4.78, 5) is 26.8. The van der Waals surface area contributed by atoms with Crippen molar-refractivity contribution >= 4 is 11.7 Å². The number of Topliss-reactive ketones (excluding diaryl/α,β-unsaturated/α-hetero) is 1. The Kier molecular flexibility index (Phi) is 4.27. The van der Waals surface area contributed by atoms with Gasteiger partial charge in [0.05, 0.1) is 30.2 Å². The van der Waals surface area contributed by atoms with Gasteiger partial charge in [0.15, 0.2) is 5.78 Å². The molecule has 0 aliphatic carbocycles. The van der Waals surface area contributed by atoms with Crippen LogP contribution in [0, 0.1) is 0 Å². The average molecular weight is 303 g/mol. The summed E-state index contributed by atoms with van der Waals surface area (Å²) in [5.74, 6) is 0.0767. The van der Waals surface area contributed by atoms with Crippen molar-refractivity contribution in [3.05, 3.63) is 29.8 Å². The number of nitrogens with zero attached hydrogens (tertiary/aromatic N) is 3. The van der Waals surface area contributed by atoms with Gasteiger partial charge < -0.3 is 9.64 Å². The molecule has 6 nitrogen and oxygen atoms in total. The lowest BCUT2D eigenvalue weighted by Gasteiger charge is -2.26. The van der Waals surface area contributed by atoms with E-state index >= 15 is 0 Å². The summed E-state index contributed by atoms with van der Waals surface area (Å²) in [7, 11) is 1.79. The fourth-order valence-corrected chi connectivity index (χ4v) is 3.12. The number of amides is 1. The van der Waals surface area contributed by atoms with Crippen LogP contribution in [0.2, 0.25) is 0 Å². The van der Waals surface area contributed by atoms with Crippen LogP contribution in [0.15, 0.2) is 24.2 Å². The van der Waals surface area contributed by atoms with Gasteiger partial charge in [0.2, 0.25) is 0 Å². The Hall–Kier alpha value is -2.11. The van der Waals surface area contributed by atoms with Crippen LogP contribution in [0.5, 0.6) is 0 Å². The van der Waals surface area contributed by atoms with Gasteiger partial charge in [-0.25, -0.2) is 0 Å². The van der Waals surface area contributed by atoms with E-state index in [2.05, 4.69) is 5.10 Å². The second kappa shape index (κ2) is 6.34. The summed E-state index contributed by atoms with van der Waals surface area (Å²) < 4.78 is 6.88. The van der Waals surface area contributed by atoms with E-state index in [9.17, 15) is 9.59 Å². The minimum Gasteiger partial charge on any atom is -0.501 e. The third-order valence-corrected chi connectivity index (χ3v) is 4.29. The number of ether oxygens (including phenoxy) is 1. The van der Waals surface area contributed by atoms with Gasteiger partial charge in [0, 0.05) is 32.3 Å². The van der Waals surface area contributed by atoms with Crippen molar-refractivity contribution < 1.29 is 14.3 Å². The number of aromatic nitrogens is 2. The van der Waals surface area contributed by atoms with Gasteiger partial charge in [-0.1, -0.05) is 0 Å². The highest BCUT2D eigenvalue weighted by Crippen LogP contribution is 2.25. The molecule has 1 unspecified atom stereocenters. The minimum atomic E-state index is -0.0111. The summed E-state index contributed by atoms with van der Waals surface area (Å²) in [6, 6.07) is -0.0111. The van der Waals surface area contributed by atoms with E-state index in [1.165, 1.54) is 0 Å². The van der Waals surface area contributed by atoms with Crippen LogP contribution in [-0.4, -0.2) is 45.6 Å². The molecule has 0 spiro atoms. The molecule has 0 N–H and O–H groups in total. The molecule has 1 atom stereocenters. The van der Waals surface area contributed by atoms with Crippen molar-refractivity contribution in [2.24, 2.45) is 7.05 Å². The largest absolute Gasteiger partial charge is 0.501 e. The van der Waals surface area contributed by atoms with Crippen LogP contribution < -0.4 is 0 Å². The molecule has 0 saturated carbocycles. The SMILES string of the molecule is Cn1cc(C(=O)CC2CCCN2C(=O)C2=COCCC2)cn1. The zero-order chi connectivity index (χ0) is 15.5. The van der Waals surface area contributed by atoms with Gasteiger partial charge in [-0.15, -0.1) is 0 Å². The lowest BCUT2D eigenvalue weighted by molar-refractivity contribution is -0.128. The molecular weight excluding hydrogens is 282 g/mol. The van der Waals surface area contributed by atoms with Gasteiger partial charge in [0.1, 0.15) is 0 Å². The van der Waals surface area contributed by atoms with Gasteiger partial charge >= 0.3 is 0 Å². The lowest BCUT2D eigenvalue weighted by Crippen LogP contribution is -2.38. The van der Waals surface area contributed by atoms with Crippen molar-refractivity contribution in [1.82, 2.24) is 14.7 Å². The Bertz CT molecular complexity index is 606. The van der Waals surface area contributed by atoms with Crippen LogP contribution in [0.25, 0.3) is 0 Å². The number of carbonyl (C=O) groups is 2. The molecule has 1 amide bonds. The Balaban J connectivity index is 1.66. The van der Waals surface area contributed by atoms with E-state index in [1.807, 2.05) is 4.90 Å². The summed E-state index contributed by atoms with van der Waals surface area (Å²) in [6.45, 7) is 1.40. The van der Waals surface area contributed by atoms with Crippen molar-refractivity contribution in [3.63, 3.8) is 0 Å². The van der Waals surface area contributed by atoms with E-state index in [1.54, 1.807) is 30.4 Å². The molecule has 1 aromatic rings. The van der Waals surface area contributed by atoms with Crippen molar-refractivity contribution in [3.8, 4) is 0 Å². The molecule has 2 aliphatic heterocycles. The standard InChI is InChI=1S/C16H21N3O3/c1-18-10-13(9-17-18)15(20)8-14-5-2-6-19(14)16(21)12-4-3-7-22-11-12/h9-11,14H,2-8H2,1H3. The number of carbonyl (C=O) groups excluding carboxylic acids is 2. The molecule has 3 heterocycles. The molecule has 6 heteroatoms. The molecule has 118 valence electrons. The van der Waals surface area contributed by atoms with E-state index in [-0.39, 0.29) is 17.7 Å². The zero-order valence-corrected chi connectivity index (χ0v) is 12.8. The highest BCUT2D eigenvalue weighted by atomic mass is 16.5. The summed E-state index contributed by atoms with van der Waals surface area (Å²) >= 11 is 0. The summed E-state index contributed by atoms with van der Waals surface area (Å²) in [5, 5.41) is 4.03. The second-order valence-corrected chi connectivity index (χ2v) is 5.94. The molecule has 1 aromatic heterocycles. The molecule has 0 aromatic carbocycles. The van der Waals surface area contributed by atoms with Crippen LogP contribution in [0.4, 0.5) is 0 Å². The first-order chi connectivity index (χ1) is 10.6. The first-order valence-electron chi connectivity index (χ1n) is 7.78. The van der Waals surface area contributed by atoms with Gasteiger partial charge in [-0.3, -0.25) is 14.3 Å². The zero-order valence-electron chi connectivity index (χ0n) is 12.8. The van der Waals surface area contributed by atoms with E-state index in [0.29, 0.717) is 18.6 Å². The maximum Gasteiger partial charge on any atom is 0.253 e. The molecule has 0 bridgehead atoms. The van der Waals surface area contributed by atoms with Crippen molar-refractivity contribution in [1.29, 1.82) is 0 Å². The third kappa shape index (κ3) is 3.05. The molecule has 22 heavy (non-hydrogen) atoms. The Morgan fingerprint density at radius 2 is 2.27 bits per heavy atom. The van der Waals surface area contributed by atoms with Gasteiger partial charge in [0.25, 0.3) is 5.91 Å². The number of likely N-dealkylation sites (tertiary alicyclic amines) is 1. The first kappa shape index (κ1) is 14.8. The Morgan fingerprint density at radius 3 is 2.95 bits per heavy atom. The van der Waals surface area contributed by atoms with E-state index in [0.717, 1.165) is 37.8 Å². The predicted molar refractivity (Wildman–Crippen MR) is 80.2 cm³/mol. The van der Waals surface area contributed by atoms with Crippen molar-refractivity contribution in [2.45, 2.75) is 38.1 Å². The normalized spacial score (nSPS) is 21.4. The average Bonchev–Trinajstić information content (AvgIpc) is 3.16. The fourth-order valence-electron chi connectivity index (χ4n) is 3.12. The topological polar surface area (TPSA) is 64.4 Å². The summed E-state index contributed by atoms with van der Waals surface area (Å²) in [5.41, 5.74) is 1.34. The minimum absolute atomic E-state index is 0.0111. The van der Waals surface area contributed by atoms with Gasteiger partial charge in [-0.05, 0) is 25.7 Å². The van der Waals surface area contributed by atoms with Crippen LogP contribution in [0.3, 0.4) is 0 Å². The lowest BCUT2D eigenvalue weighted by atomic mass is 10.0. The molecular formula is C16H21N3O3. The van der Waals surface area contributed by atoms with Crippen LogP contribution in [0.1, 0.15) is 42.5 Å². The number of hydrogen-bond acceptors (Lipinski definition) is 4. The fraction of sp³-hybridized carbons (Fsp3) is 0.562. The Labute approximate surface area is 129 Å². The maximum atomic E-state index is 12.6. The second-order valence-electron chi connectivity index (χ2n) is 5.94. The monoisotopic (exact) mass is 303 g/mol. The highest BCUT2D eigenvalue weighted by Gasteiger charge is 2.32. The maximum absolute atomic E-state index is 12.6. The number of ketones is 1. The molecule has 1 fully saturated rings. The first-order valence-corrected chi connectivity index (χ1v) is 7.78. The van der Waals surface area contributed by atoms with Gasteiger partial charge in [-0.2, -0.15) is 5.10 Å². The predicted octanol–water partition coefficient (Wildman–Crippen LogP) is 1.68. The molecule has 2 aliphatic rings. The quantitative estimate of drug-likeness (QED) is 0.794. The highest BCUT2D eigenvalue weighted by molar-refractivity contribution is 5.97. The molecule has 0 radical (unpaired) electrons.